The summed E-state index contributed by atoms with van der Waals surface area (Å²) in [6.45, 7) is 7.28. The zero-order valence-corrected chi connectivity index (χ0v) is 13.7. The van der Waals surface area contributed by atoms with Gasteiger partial charge in [0.15, 0.2) is 0 Å². The SMILES string of the molecule is CCCNc1nc(CCC)nc(-c2ccc(Cl)cc2)c1C. The van der Waals surface area contributed by atoms with Gasteiger partial charge in [0.05, 0.1) is 5.69 Å². The van der Waals surface area contributed by atoms with E-state index in [9.17, 15) is 0 Å². The van der Waals surface area contributed by atoms with Gasteiger partial charge in [0, 0.05) is 29.1 Å². The summed E-state index contributed by atoms with van der Waals surface area (Å²) in [6, 6.07) is 7.82. The van der Waals surface area contributed by atoms with Gasteiger partial charge in [0.1, 0.15) is 11.6 Å². The van der Waals surface area contributed by atoms with Crippen LogP contribution in [0.25, 0.3) is 11.3 Å². The van der Waals surface area contributed by atoms with Crippen LogP contribution in [0.3, 0.4) is 0 Å². The van der Waals surface area contributed by atoms with E-state index in [-0.39, 0.29) is 0 Å². The summed E-state index contributed by atoms with van der Waals surface area (Å²) >= 11 is 5.97. The molecule has 1 aromatic heterocycles. The fraction of sp³-hybridized carbons (Fsp3) is 0.412. The van der Waals surface area contributed by atoms with Crippen LogP contribution in [0.4, 0.5) is 5.82 Å². The van der Waals surface area contributed by atoms with Crippen LogP contribution in [0.15, 0.2) is 24.3 Å². The minimum Gasteiger partial charge on any atom is -0.370 e. The molecular weight excluding hydrogens is 282 g/mol. The third kappa shape index (κ3) is 3.94. The quantitative estimate of drug-likeness (QED) is 0.826. The Balaban J connectivity index is 2.46. The van der Waals surface area contributed by atoms with Crippen molar-refractivity contribution in [1.29, 1.82) is 0 Å². The molecule has 2 aromatic rings. The Morgan fingerprint density at radius 3 is 2.38 bits per heavy atom. The lowest BCUT2D eigenvalue weighted by atomic mass is 10.1. The maximum absolute atomic E-state index is 5.97. The first-order valence-electron chi connectivity index (χ1n) is 7.53. The summed E-state index contributed by atoms with van der Waals surface area (Å²) < 4.78 is 0. The number of hydrogen-bond acceptors (Lipinski definition) is 3. The summed E-state index contributed by atoms with van der Waals surface area (Å²) in [5, 5.41) is 4.15. The van der Waals surface area contributed by atoms with E-state index in [0.717, 1.165) is 59.3 Å². The van der Waals surface area contributed by atoms with Crippen molar-refractivity contribution >= 4 is 17.4 Å². The molecule has 0 bridgehead atoms. The molecule has 0 spiro atoms. The van der Waals surface area contributed by atoms with E-state index in [2.05, 4.69) is 31.1 Å². The minimum atomic E-state index is 0.739. The highest BCUT2D eigenvalue weighted by Crippen LogP contribution is 2.27. The molecule has 0 unspecified atom stereocenters. The Hall–Kier alpha value is -1.61. The maximum Gasteiger partial charge on any atom is 0.133 e. The fourth-order valence-corrected chi connectivity index (χ4v) is 2.33. The Morgan fingerprint density at radius 1 is 1.05 bits per heavy atom. The van der Waals surface area contributed by atoms with Crippen LogP contribution < -0.4 is 5.32 Å². The Morgan fingerprint density at radius 2 is 1.76 bits per heavy atom. The molecule has 0 aliphatic carbocycles. The van der Waals surface area contributed by atoms with Gasteiger partial charge in [-0.15, -0.1) is 0 Å². The summed E-state index contributed by atoms with van der Waals surface area (Å²) in [7, 11) is 0. The first kappa shape index (κ1) is 15.8. The second-order valence-corrected chi connectivity index (χ2v) is 5.58. The zero-order chi connectivity index (χ0) is 15.2. The molecule has 0 aliphatic heterocycles. The molecule has 112 valence electrons. The third-order valence-electron chi connectivity index (χ3n) is 3.33. The molecule has 1 aromatic carbocycles. The normalized spacial score (nSPS) is 10.7. The Kier molecular flexibility index (Phi) is 5.57. The molecule has 21 heavy (non-hydrogen) atoms. The van der Waals surface area contributed by atoms with Gasteiger partial charge in [0.2, 0.25) is 0 Å². The summed E-state index contributed by atoms with van der Waals surface area (Å²) in [5.74, 6) is 1.84. The number of hydrogen-bond donors (Lipinski definition) is 1. The number of nitrogens with zero attached hydrogens (tertiary/aromatic N) is 2. The van der Waals surface area contributed by atoms with Crippen LogP contribution in [0.1, 0.15) is 38.1 Å². The predicted octanol–water partition coefficient (Wildman–Crippen LogP) is 4.88. The average molecular weight is 304 g/mol. The van der Waals surface area contributed by atoms with Crippen LogP contribution in [-0.2, 0) is 6.42 Å². The molecule has 0 amide bonds. The van der Waals surface area contributed by atoms with Crippen LogP contribution in [0, 0.1) is 6.92 Å². The summed E-state index contributed by atoms with van der Waals surface area (Å²) in [6.07, 6.45) is 3.00. The zero-order valence-electron chi connectivity index (χ0n) is 12.9. The number of halogens is 1. The molecule has 0 radical (unpaired) electrons. The molecule has 0 atom stereocenters. The Bertz CT molecular complexity index is 594. The van der Waals surface area contributed by atoms with Crippen LogP contribution in [0.5, 0.6) is 0 Å². The lowest BCUT2D eigenvalue weighted by molar-refractivity contribution is 0.830. The van der Waals surface area contributed by atoms with Crippen molar-refractivity contribution < 1.29 is 0 Å². The maximum atomic E-state index is 5.97. The first-order valence-corrected chi connectivity index (χ1v) is 7.90. The lowest BCUT2D eigenvalue weighted by Gasteiger charge is -2.14. The summed E-state index contributed by atoms with van der Waals surface area (Å²) in [4.78, 5) is 9.39. The molecule has 1 heterocycles. The van der Waals surface area contributed by atoms with E-state index in [4.69, 9.17) is 16.6 Å². The van der Waals surface area contributed by atoms with E-state index >= 15 is 0 Å². The monoisotopic (exact) mass is 303 g/mol. The van der Waals surface area contributed by atoms with Gasteiger partial charge in [-0.25, -0.2) is 9.97 Å². The van der Waals surface area contributed by atoms with Crippen LogP contribution >= 0.6 is 11.6 Å². The van der Waals surface area contributed by atoms with E-state index in [1.165, 1.54) is 0 Å². The highest BCUT2D eigenvalue weighted by Gasteiger charge is 2.12. The van der Waals surface area contributed by atoms with Gasteiger partial charge in [-0.2, -0.15) is 0 Å². The second kappa shape index (κ2) is 7.41. The molecule has 0 saturated heterocycles. The molecule has 0 fully saturated rings. The van der Waals surface area contributed by atoms with E-state index in [0.29, 0.717) is 0 Å². The predicted molar refractivity (Wildman–Crippen MR) is 90.0 cm³/mol. The topological polar surface area (TPSA) is 37.8 Å². The number of nitrogens with one attached hydrogen (secondary N) is 1. The smallest absolute Gasteiger partial charge is 0.133 e. The second-order valence-electron chi connectivity index (χ2n) is 5.15. The molecular formula is C17H22ClN3. The van der Waals surface area contributed by atoms with Gasteiger partial charge in [0.25, 0.3) is 0 Å². The highest BCUT2D eigenvalue weighted by atomic mass is 35.5. The average Bonchev–Trinajstić information content (AvgIpc) is 2.49. The number of benzene rings is 1. The fourth-order valence-electron chi connectivity index (χ4n) is 2.20. The number of rotatable bonds is 6. The largest absolute Gasteiger partial charge is 0.370 e. The van der Waals surface area contributed by atoms with Gasteiger partial charge in [-0.1, -0.05) is 37.6 Å². The summed E-state index contributed by atoms with van der Waals surface area (Å²) in [5.41, 5.74) is 3.16. The van der Waals surface area contributed by atoms with Crippen molar-refractivity contribution in [3.8, 4) is 11.3 Å². The van der Waals surface area contributed by atoms with Crippen LogP contribution in [0.2, 0.25) is 5.02 Å². The van der Waals surface area contributed by atoms with Gasteiger partial charge < -0.3 is 5.32 Å². The number of aromatic nitrogens is 2. The van der Waals surface area contributed by atoms with E-state index in [1.807, 2.05) is 24.3 Å². The van der Waals surface area contributed by atoms with Crippen molar-refractivity contribution in [1.82, 2.24) is 9.97 Å². The molecule has 1 N–H and O–H groups in total. The standard InChI is InChI=1S/C17H22ClN3/c1-4-6-15-20-16(13-7-9-14(18)10-8-13)12(3)17(21-15)19-11-5-2/h7-10H,4-6,11H2,1-3H3,(H,19,20,21). The number of anilines is 1. The molecule has 0 saturated carbocycles. The van der Waals surface area contributed by atoms with E-state index in [1.54, 1.807) is 0 Å². The number of aryl methyl sites for hydroxylation is 1. The molecule has 4 heteroatoms. The van der Waals surface area contributed by atoms with Gasteiger partial charge in [-0.3, -0.25) is 0 Å². The van der Waals surface area contributed by atoms with Gasteiger partial charge >= 0.3 is 0 Å². The van der Waals surface area contributed by atoms with Crippen molar-refractivity contribution in [2.45, 2.75) is 40.0 Å². The minimum absolute atomic E-state index is 0.739. The highest BCUT2D eigenvalue weighted by molar-refractivity contribution is 6.30. The van der Waals surface area contributed by atoms with E-state index < -0.39 is 0 Å². The van der Waals surface area contributed by atoms with Crippen molar-refractivity contribution in [2.75, 3.05) is 11.9 Å². The molecule has 2 rings (SSSR count). The lowest BCUT2D eigenvalue weighted by Crippen LogP contribution is -2.09. The van der Waals surface area contributed by atoms with Crippen molar-refractivity contribution in [2.24, 2.45) is 0 Å². The van der Waals surface area contributed by atoms with Gasteiger partial charge in [-0.05, 0) is 31.9 Å². The van der Waals surface area contributed by atoms with Crippen molar-refractivity contribution in [3.63, 3.8) is 0 Å². The third-order valence-corrected chi connectivity index (χ3v) is 3.58. The first-order chi connectivity index (χ1) is 10.2. The van der Waals surface area contributed by atoms with Crippen molar-refractivity contribution in [3.05, 3.63) is 40.7 Å². The molecule has 0 aliphatic rings. The molecule has 3 nitrogen and oxygen atoms in total. The Labute approximate surface area is 131 Å². The van der Waals surface area contributed by atoms with Crippen LogP contribution in [-0.4, -0.2) is 16.5 Å².